The maximum Gasteiger partial charge on any atom is 0.133 e. The van der Waals surface area contributed by atoms with Crippen molar-refractivity contribution in [3.8, 4) is 11.3 Å². The second-order valence-electron chi connectivity index (χ2n) is 8.40. The van der Waals surface area contributed by atoms with E-state index in [1.165, 1.54) is 16.8 Å². The monoisotopic (exact) mass is 361 g/mol. The summed E-state index contributed by atoms with van der Waals surface area (Å²) in [6.07, 6.45) is 3.00. The number of nitrogens with zero attached hydrogens (tertiary/aromatic N) is 5. The molecule has 0 saturated carbocycles. The topological polar surface area (TPSA) is 46.8 Å². The van der Waals surface area contributed by atoms with E-state index in [4.69, 9.17) is 4.98 Å². The van der Waals surface area contributed by atoms with E-state index in [0.29, 0.717) is 0 Å². The maximum absolute atomic E-state index is 4.72. The lowest BCUT2D eigenvalue weighted by Crippen LogP contribution is -2.34. The number of aromatic nitrogens is 4. The number of fused-ring (bicyclic) bond motifs is 1. The molecule has 0 atom stereocenters. The first-order valence-electron chi connectivity index (χ1n) is 9.55. The van der Waals surface area contributed by atoms with E-state index in [-0.39, 0.29) is 5.54 Å². The fourth-order valence-electron chi connectivity index (χ4n) is 3.69. The molecule has 1 aliphatic rings. The standard InChI is InChI=1S/C22H27N5/c1-15-6-8-17(9-7-15)19-12-21(25-16(2)24-19)26-11-10-20-18(14-26)13-23-27(20)22(3,4)5/h6-9,12-13H,10-11,14H2,1-5H3. The molecule has 0 unspecified atom stereocenters. The number of rotatable bonds is 2. The zero-order valence-electron chi connectivity index (χ0n) is 16.8. The van der Waals surface area contributed by atoms with Gasteiger partial charge in [-0.1, -0.05) is 29.8 Å². The highest BCUT2D eigenvalue weighted by molar-refractivity contribution is 5.63. The van der Waals surface area contributed by atoms with Gasteiger partial charge in [0.1, 0.15) is 11.6 Å². The van der Waals surface area contributed by atoms with Crippen molar-refractivity contribution >= 4 is 5.82 Å². The summed E-state index contributed by atoms with van der Waals surface area (Å²) in [6.45, 7) is 12.5. The Morgan fingerprint density at radius 1 is 1.00 bits per heavy atom. The van der Waals surface area contributed by atoms with Crippen LogP contribution >= 0.6 is 0 Å². The number of aryl methyl sites for hydroxylation is 2. The molecule has 5 heteroatoms. The highest BCUT2D eigenvalue weighted by Crippen LogP contribution is 2.28. The van der Waals surface area contributed by atoms with E-state index in [1.807, 2.05) is 13.1 Å². The van der Waals surface area contributed by atoms with Crippen LogP contribution in [0.2, 0.25) is 0 Å². The molecule has 0 saturated heterocycles. The van der Waals surface area contributed by atoms with Crippen molar-refractivity contribution in [3.63, 3.8) is 0 Å². The van der Waals surface area contributed by atoms with Gasteiger partial charge in [0.25, 0.3) is 0 Å². The number of anilines is 1. The van der Waals surface area contributed by atoms with Crippen LogP contribution in [0.1, 0.15) is 43.4 Å². The van der Waals surface area contributed by atoms with E-state index >= 15 is 0 Å². The number of hydrogen-bond acceptors (Lipinski definition) is 4. The first kappa shape index (κ1) is 17.7. The van der Waals surface area contributed by atoms with Crippen molar-refractivity contribution in [2.75, 3.05) is 11.4 Å². The van der Waals surface area contributed by atoms with Crippen LogP contribution in [0.15, 0.2) is 36.5 Å². The van der Waals surface area contributed by atoms with Gasteiger partial charge in [-0.25, -0.2) is 9.97 Å². The SMILES string of the molecule is Cc1ccc(-c2cc(N3CCc4c(cnn4C(C)(C)C)C3)nc(C)n2)cc1. The van der Waals surface area contributed by atoms with Crippen LogP contribution in [0.3, 0.4) is 0 Å². The molecule has 3 heterocycles. The van der Waals surface area contributed by atoms with E-state index in [9.17, 15) is 0 Å². The van der Waals surface area contributed by atoms with Crippen molar-refractivity contribution in [2.45, 2.75) is 53.1 Å². The zero-order chi connectivity index (χ0) is 19.2. The van der Waals surface area contributed by atoms with Crippen LogP contribution in [0.4, 0.5) is 5.82 Å². The van der Waals surface area contributed by atoms with Gasteiger partial charge in [0, 0.05) is 42.4 Å². The highest BCUT2D eigenvalue weighted by atomic mass is 15.3. The Morgan fingerprint density at radius 3 is 2.44 bits per heavy atom. The van der Waals surface area contributed by atoms with Crippen LogP contribution in [0.25, 0.3) is 11.3 Å². The molecular formula is C22H27N5. The van der Waals surface area contributed by atoms with Gasteiger partial charge < -0.3 is 4.90 Å². The molecule has 140 valence electrons. The highest BCUT2D eigenvalue weighted by Gasteiger charge is 2.26. The molecule has 2 aromatic heterocycles. The van der Waals surface area contributed by atoms with Gasteiger partial charge in [-0.3, -0.25) is 4.68 Å². The Morgan fingerprint density at radius 2 is 1.74 bits per heavy atom. The summed E-state index contributed by atoms with van der Waals surface area (Å²) in [7, 11) is 0. The summed E-state index contributed by atoms with van der Waals surface area (Å²) in [4.78, 5) is 11.7. The second-order valence-corrected chi connectivity index (χ2v) is 8.40. The third kappa shape index (κ3) is 3.46. The molecule has 0 fully saturated rings. The fourth-order valence-corrected chi connectivity index (χ4v) is 3.69. The predicted molar refractivity (Wildman–Crippen MR) is 109 cm³/mol. The van der Waals surface area contributed by atoms with E-state index < -0.39 is 0 Å². The van der Waals surface area contributed by atoms with E-state index in [0.717, 1.165) is 42.4 Å². The lowest BCUT2D eigenvalue weighted by molar-refractivity contribution is 0.341. The Labute approximate surface area is 161 Å². The minimum Gasteiger partial charge on any atom is -0.352 e. The fraction of sp³-hybridized carbons (Fsp3) is 0.409. The molecule has 0 N–H and O–H groups in total. The van der Waals surface area contributed by atoms with Crippen molar-refractivity contribution in [1.82, 2.24) is 19.7 Å². The predicted octanol–water partition coefficient (Wildman–Crippen LogP) is 4.27. The van der Waals surface area contributed by atoms with E-state index in [2.05, 4.69) is 77.7 Å². The molecule has 0 aliphatic carbocycles. The molecule has 0 amide bonds. The summed E-state index contributed by atoms with van der Waals surface area (Å²) in [5.41, 5.74) is 6.02. The Kier molecular flexibility index (Phi) is 4.25. The van der Waals surface area contributed by atoms with Crippen molar-refractivity contribution in [1.29, 1.82) is 0 Å². The van der Waals surface area contributed by atoms with Gasteiger partial charge in [0.15, 0.2) is 0 Å². The van der Waals surface area contributed by atoms with Crippen LogP contribution in [-0.4, -0.2) is 26.3 Å². The quantitative estimate of drug-likeness (QED) is 0.684. The zero-order valence-corrected chi connectivity index (χ0v) is 16.8. The van der Waals surface area contributed by atoms with Crippen molar-refractivity contribution in [2.24, 2.45) is 0 Å². The normalized spacial score (nSPS) is 14.3. The van der Waals surface area contributed by atoms with Crippen LogP contribution in [0, 0.1) is 13.8 Å². The van der Waals surface area contributed by atoms with Gasteiger partial charge in [0.2, 0.25) is 0 Å². The lowest BCUT2D eigenvalue weighted by atomic mass is 10.0. The van der Waals surface area contributed by atoms with Gasteiger partial charge in [0.05, 0.1) is 17.4 Å². The summed E-state index contributed by atoms with van der Waals surface area (Å²) >= 11 is 0. The Bertz CT molecular complexity index is 963. The molecule has 0 spiro atoms. The van der Waals surface area contributed by atoms with Crippen LogP contribution in [-0.2, 0) is 18.5 Å². The average Bonchev–Trinajstić information content (AvgIpc) is 3.05. The second kappa shape index (κ2) is 6.48. The number of benzene rings is 1. The molecule has 3 aromatic rings. The summed E-state index contributed by atoms with van der Waals surface area (Å²) in [6, 6.07) is 10.6. The van der Waals surface area contributed by atoms with Crippen LogP contribution in [0.5, 0.6) is 0 Å². The minimum atomic E-state index is 0.0138. The molecule has 1 aromatic carbocycles. The van der Waals surface area contributed by atoms with Gasteiger partial charge in [-0.05, 0) is 34.6 Å². The third-order valence-corrected chi connectivity index (χ3v) is 5.07. The van der Waals surface area contributed by atoms with Gasteiger partial charge >= 0.3 is 0 Å². The molecular weight excluding hydrogens is 334 g/mol. The average molecular weight is 361 g/mol. The summed E-state index contributed by atoms with van der Waals surface area (Å²) in [5, 5.41) is 4.65. The first-order chi connectivity index (χ1) is 12.8. The molecule has 0 bridgehead atoms. The smallest absolute Gasteiger partial charge is 0.133 e. The first-order valence-corrected chi connectivity index (χ1v) is 9.55. The maximum atomic E-state index is 4.72. The minimum absolute atomic E-state index is 0.0138. The third-order valence-electron chi connectivity index (χ3n) is 5.07. The van der Waals surface area contributed by atoms with Gasteiger partial charge in [-0.15, -0.1) is 0 Å². The molecule has 1 aliphatic heterocycles. The molecule has 4 rings (SSSR count). The lowest BCUT2D eigenvalue weighted by Gasteiger charge is -2.31. The Balaban J connectivity index is 1.65. The van der Waals surface area contributed by atoms with Gasteiger partial charge in [-0.2, -0.15) is 5.10 Å². The van der Waals surface area contributed by atoms with Crippen molar-refractivity contribution < 1.29 is 0 Å². The van der Waals surface area contributed by atoms with E-state index in [1.54, 1.807) is 0 Å². The summed E-state index contributed by atoms with van der Waals surface area (Å²) < 4.78 is 2.17. The molecule has 27 heavy (non-hydrogen) atoms. The largest absolute Gasteiger partial charge is 0.352 e. The summed E-state index contributed by atoms with van der Waals surface area (Å²) in [5.74, 6) is 1.80. The molecule has 0 radical (unpaired) electrons. The number of hydrogen-bond donors (Lipinski definition) is 0. The van der Waals surface area contributed by atoms with Crippen LogP contribution < -0.4 is 4.90 Å². The molecule has 5 nitrogen and oxygen atoms in total. The Hall–Kier alpha value is -2.69. The van der Waals surface area contributed by atoms with Crippen molar-refractivity contribution in [3.05, 3.63) is 59.2 Å².